The SMILES string of the molecule is CCCCCCCCCCCCCC1CCC(CC)N1C. The second-order valence-electron chi connectivity index (χ2n) is 7.28. The number of nitrogens with zero attached hydrogens (tertiary/aromatic N) is 1. The Morgan fingerprint density at radius 3 is 1.62 bits per heavy atom. The van der Waals surface area contributed by atoms with Gasteiger partial charge in [0.2, 0.25) is 0 Å². The van der Waals surface area contributed by atoms with Crippen LogP contribution in [0.1, 0.15) is 110 Å². The molecule has 0 aromatic rings. The van der Waals surface area contributed by atoms with E-state index in [4.69, 9.17) is 0 Å². The molecule has 1 aliphatic rings. The van der Waals surface area contributed by atoms with Crippen molar-refractivity contribution in [2.75, 3.05) is 7.05 Å². The normalized spacial score (nSPS) is 23.0. The third-order valence-electron chi connectivity index (χ3n) is 5.60. The standard InChI is InChI=1S/C20H41N/c1-4-6-7-8-9-10-11-12-13-14-15-16-20-18-17-19(5-2)21(20)3/h19-20H,4-18H2,1-3H3. The van der Waals surface area contributed by atoms with Gasteiger partial charge in [0.25, 0.3) is 0 Å². The molecule has 1 fully saturated rings. The van der Waals surface area contributed by atoms with Crippen LogP contribution in [0.4, 0.5) is 0 Å². The van der Waals surface area contributed by atoms with Gasteiger partial charge in [0.15, 0.2) is 0 Å². The molecule has 0 amide bonds. The number of hydrogen-bond donors (Lipinski definition) is 0. The second kappa shape index (κ2) is 12.5. The molecule has 0 spiro atoms. The van der Waals surface area contributed by atoms with Gasteiger partial charge in [-0.3, -0.25) is 0 Å². The maximum absolute atomic E-state index is 2.66. The molecule has 0 aromatic carbocycles. The van der Waals surface area contributed by atoms with Crippen molar-refractivity contribution in [3.05, 3.63) is 0 Å². The zero-order chi connectivity index (χ0) is 15.3. The monoisotopic (exact) mass is 295 g/mol. The summed E-state index contributed by atoms with van der Waals surface area (Å²) in [6.07, 6.45) is 21.7. The van der Waals surface area contributed by atoms with Gasteiger partial charge in [0.05, 0.1) is 0 Å². The first-order valence-electron chi connectivity index (χ1n) is 10.0. The Kier molecular flexibility index (Phi) is 11.3. The van der Waals surface area contributed by atoms with Gasteiger partial charge in [-0.1, -0.05) is 84.5 Å². The highest BCUT2D eigenvalue weighted by atomic mass is 15.2. The van der Waals surface area contributed by atoms with Gasteiger partial charge in [-0.2, -0.15) is 0 Å². The van der Waals surface area contributed by atoms with E-state index in [9.17, 15) is 0 Å². The number of unbranched alkanes of at least 4 members (excludes halogenated alkanes) is 10. The lowest BCUT2D eigenvalue weighted by Crippen LogP contribution is -2.31. The number of likely N-dealkylation sites (tertiary alicyclic amines) is 1. The lowest BCUT2D eigenvalue weighted by molar-refractivity contribution is 0.223. The summed E-state index contributed by atoms with van der Waals surface area (Å²) in [6.45, 7) is 4.64. The van der Waals surface area contributed by atoms with E-state index < -0.39 is 0 Å². The molecule has 1 nitrogen and oxygen atoms in total. The van der Waals surface area contributed by atoms with Crippen molar-refractivity contribution < 1.29 is 0 Å². The van der Waals surface area contributed by atoms with Crippen molar-refractivity contribution in [1.82, 2.24) is 4.90 Å². The van der Waals surface area contributed by atoms with Crippen LogP contribution >= 0.6 is 0 Å². The molecule has 1 rings (SSSR count). The highest BCUT2D eigenvalue weighted by molar-refractivity contribution is 4.84. The van der Waals surface area contributed by atoms with Crippen molar-refractivity contribution in [3.8, 4) is 0 Å². The predicted octanol–water partition coefficient (Wildman–Crippen LogP) is 6.56. The van der Waals surface area contributed by atoms with Gasteiger partial charge in [-0.25, -0.2) is 0 Å². The number of rotatable bonds is 13. The summed E-state index contributed by atoms with van der Waals surface area (Å²) in [6, 6.07) is 1.77. The fraction of sp³-hybridized carbons (Fsp3) is 1.00. The Balaban J connectivity index is 1.83. The Morgan fingerprint density at radius 1 is 0.667 bits per heavy atom. The van der Waals surface area contributed by atoms with E-state index in [0.29, 0.717) is 0 Å². The summed E-state index contributed by atoms with van der Waals surface area (Å²) in [7, 11) is 2.35. The molecule has 2 atom stereocenters. The van der Waals surface area contributed by atoms with E-state index in [1.807, 2.05) is 0 Å². The fourth-order valence-corrected chi connectivity index (χ4v) is 3.97. The van der Waals surface area contributed by atoms with Crippen LogP contribution in [-0.2, 0) is 0 Å². The van der Waals surface area contributed by atoms with Gasteiger partial charge in [0, 0.05) is 12.1 Å². The molecule has 1 aliphatic heterocycles. The Bertz CT molecular complexity index is 226. The fourth-order valence-electron chi connectivity index (χ4n) is 3.97. The zero-order valence-corrected chi connectivity index (χ0v) is 15.2. The summed E-state index contributed by atoms with van der Waals surface area (Å²) in [4.78, 5) is 2.66. The van der Waals surface area contributed by atoms with Crippen LogP contribution in [0, 0.1) is 0 Å². The highest BCUT2D eigenvalue weighted by Gasteiger charge is 2.28. The van der Waals surface area contributed by atoms with Crippen LogP contribution in [-0.4, -0.2) is 24.0 Å². The van der Waals surface area contributed by atoms with Crippen molar-refractivity contribution >= 4 is 0 Å². The van der Waals surface area contributed by atoms with E-state index in [0.717, 1.165) is 12.1 Å². The van der Waals surface area contributed by atoms with E-state index >= 15 is 0 Å². The molecule has 2 unspecified atom stereocenters. The lowest BCUT2D eigenvalue weighted by Gasteiger charge is -2.24. The molecule has 0 radical (unpaired) electrons. The minimum Gasteiger partial charge on any atom is -0.300 e. The van der Waals surface area contributed by atoms with Gasteiger partial charge < -0.3 is 4.90 Å². The Morgan fingerprint density at radius 2 is 1.14 bits per heavy atom. The molecule has 0 bridgehead atoms. The van der Waals surface area contributed by atoms with E-state index in [1.165, 1.54) is 96.3 Å². The van der Waals surface area contributed by atoms with E-state index in [1.54, 1.807) is 0 Å². The summed E-state index contributed by atoms with van der Waals surface area (Å²) in [5, 5.41) is 0. The van der Waals surface area contributed by atoms with Crippen LogP contribution in [0.15, 0.2) is 0 Å². The quantitative estimate of drug-likeness (QED) is 0.348. The lowest BCUT2D eigenvalue weighted by atomic mass is 10.0. The van der Waals surface area contributed by atoms with Crippen molar-refractivity contribution in [2.24, 2.45) is 0 Å². The van der Waals surface area contributed by atoms with Crippen molar-refractivity contribution in [3.63, 3.8) is 0 Å². The second-order valence-corrected chi connectivity index (χ2v) is 7.28. The Labute approximate surface area is 134 Å². The predicted molar refractivity (Wildman–Crippen MR) is 95.9 cm³/mol. The van der Waals surface area contributed by atoms with Crippen LogP contribution in [0.25, 0.3) is 0 Å². The van der Waals surface area contributed by atoms with Crippen LogP contribution in [0.2, 0.25) is 0 Å². The maximum atomic E-state index is 2.66. The van der Waals surface area contributed by atoms with Gasteiger partial charge in [0.1, 0.15) is 0 Å². The van der Waals surface area contributed by atoms with Crippen LogP contribution in [0.3, 0.4) is 0 Å². The topological polar surface area (TPSA) is 3.24 Å². The molecule has 0 N–H and O–H groups in total. The first-order chi connectivity index (χ1) is 10.3. The Hall–Kier alpha value is -0.0400. The molecule has 1 saturated heterocycles. The van der Waals surface area contributed by atoms with Gasteiger partial charge in [-0.15, -0.1) is 0 Å². The largest absolute Gasteiger partial charge is 0.300 e. The van der Waals surface area contributed by atoms with Crippen molar-refractivity contribution in [2.45, 2.75) is 122 Å². The molecule has 1 heteroatoms. The molecule has 21 heavy (non-hydrogen) atoms. The first kappa shape index (κ1) is 19.0. The summed E-state index contributed by atoms with van der Waals surface area (Å²) < 4.78 is 0. The smallest absolute Gasteiger partial charge is 0.00957 e. The third-order valence-corrected chi connectivity index (χ3v) is 5.60. The highest BCUT2D eigenvalue weighted by Crippen LogP contribution is 2.27. The average Bonchev–Trinajstić information content (AvgIpc) is 2.85. The molecule has 0 aromatic heterocycles. The summed E-state index contributed by atoms with van der Waals surface area (Å²) in [5.74, 6) is 0. The third kappa shape index (κ3) is 8.24. The zero-order valence-electron chi connectivity index (χ0n) is 15.2. The maximum Gasteiger partial charge on any atom is 0.00957 e. The molecule has 0 saturated carbocycles. The first-order valence-corrected chi connectivity index (χ1v) is 10.0. The summed E-state index contributed by atoms with van der Waals surface area (Å²) in [5.41, 5.74) is 0. The summed E-state index contributed by atoms with van der Waals surface area (Å²) >= 11 is 0. The molecule has 1 heterocycles. The molecular weight excluding hydrogens is 254 g/mol. The van der Waals surface area contributed by atoms with Gasteiger partial charge in [-0.05, 0) is 32.7 Å². The van der Waals surface area contributed by atoms with Crippen LogP contribution < -0.4 is 0 Å². The average molecular weight is 296 g/mol. The van der Waals surface area contributed by atoms with Crippen molar-refractivity contribution in [1.29, 1.82) is 0 Å². The number of hydrogen-bond acceptors (Lipinski definition) is 1. The minimum atomic E-state index is 0.878. The van der Waals surface area contributed by atoms with E-state index in [-0.39, 0.29) is 0 Å². The molecular formula is C20H41N. The molecule has 126 valence electrons. The van der Waals surface area contributed by atoms with E-state index in [2.05, 4.69) is 25.8 Å². The molecule has 0 aliphatic carbocycles. The van der Waals surface area contributed by atoms with Crippen LogP contribution in [0.5, 0.6) is 0 Å². The minimum absolute atomic E-state index is 0.878. The van der Waals surface area contributed by atoms with Gasteiger partial charge >= 0.3 is 0 Å².